The highest BCUT2D eigenvalue weighted by Crippen LogP contribution is 2.51. The van der Waals surface area contributed by atoms with Gasteiger partial charge in [0.15, 0.2) is 11.4 Å². The van der Waals surface area contributed by atoms with Gasteiger partial charge in [0.25, 0.3) is 0 Å². The Balaban J connectivity index is 1.35. The molecule has 1 atom stereocenters. The Morgan fingerprint density at radius 2 is 1.83 bits per heavy atom. The van der Waals surface area contributed by atoms with Crippen molar-refractivity contribution >= 4 is 11.5 Å². The maximum Gasteiger partial charge on any atom is 0.422 e. The number of nitrogens with zero attached hydrogens (tertiary/aromatic N) is 4. The summed E-state index contributed by atoms with van der Waals surface area (Å²) in [6, 6.07) is 5.86. The second-order valence-electron chi connectivity index (χ2n) is 9.15. The largest absolute Gasteiger partial charge is 0.454 e. The standard InChI is InChI=1S/C23H22F5N5O2/c1-21(34,23(26,27)28)18-8-14(4-6-29-18)31-19-9-16(5-7-30-19)35-17-12-33(15-2-3-15)32-20(17)13-10-22(24,25)11-13/h4-9,12-13,15,34H,2-3,10-11H2,1H3,(H,29,30,31). The zero-order chi connectivity index (χ0) is 25.0. The first kappa shape index (κ1) is 23.5. The van der Waals surface area contributed by atoms with Gasteiger partial charge in [-0.05, 0) is 38.0 Å². The molecule has 0 amide bonds. The van der Waals surface area contributed by atoms with Crippen LogP contribution in [0.2, 0.25) is 0 Å². The molecule has 5 rings (SSSR count). The van der Waals surface area contributed by atoms with Crippen molar-refractivity contribution in [2.45, 2.75) is 62.3 Å². The van der Waals surface area contributed by atoms with Crippen molar-refractivity contribution in [1.29, 1.82) is 0 Å². The molecule has 35 heavy (non-hydrogen) atoms. The zero-order valence-electron chi connectivity index (χ0n) is 18.6. The Kier molecular flexibility index (Phi) is 5.46. The highest BCUT2D eigenvalue weighted by Gasteiger charge is 2.52. The Labute approximate surface area is 197 Å². The molecular formula is C23H22F5N5O2. The van der Waals surface area contributed by atoms with Crippen molar-refractivity contribution in [2.24, 2.45) is 0 Å². The van der Waals surface area contributed by atoms with E-state index in [2.05, 4.69) is 20.4 Å². The van der Waals surface area contributed by atoms with Gasteiger partial charge < -0.3 is 15.2 Å². The van der Waals surface area contributed by atoms with E-state index in [4.69, 9.17) is 4.74 Å². The lowest BCUT2D eigenvalue weighted by Gasteiger charge is -2.34. The number of ether oxygens (including phenoxy) is 1. The number of hydrogen-bond donors (Lipinski definition) is 2. The van der Waals surface area contributed by atoms with Crippen LogP contribution in [0, 0.1) is 0 Å². The van der Waals surface area contributed by atoms with Crippen molar-refractivity contribution in [3.05, 3.63) is 54.2 Å². The number of halogens is 5. The summed E-state index contributed by atoms with van der Waals surface area (Å²) in [6.07, 6.45) is 0.780. The molecule has 186 valence electrons. The third kappa shape index (κ3) is 4.79. The third-order valence-electron chi connectivity index (χ3n) is 6.17. The van der Waals surface area contributed by atoms with Gasteiger partial charge in [0.05, 0.1) is 17.9 Å². The minimum absolute atomic E-state index is 0.225. The number of alkyl halides is 5. The molecule has 2 N–H and O–H groups in total. The van der Waals surface area contributed by atoms with E-state index in [1.165, 1.54) is 18.3 Å². The molecule has 2 aliphatic carbocycles. The molecule has 1 unspecified atom stereocenters. The molecule has 0 aromatic carbocycles. The van der Waals surface area contributed by atoms with Crippen LogP contribution < -0.4 is 10.1 Å². The molecule has 0 bridgehead atoms. The fraction of sp³-hybridized carbons (Fsp3) is 0.435. The van der Waals surface area contributed by atoms with Crippen molar-refractivity contribution in [3.63, 3.8) is 0 Å². The average molecular weight is 495 g/mol. The second-order valence-corrected chi connectivity index (χ2v) is 9.15. The molecular weight excluding hydrogens is 473 g/mol. The van der Waals surface area contributed by atoms with Crippen molar-refractivity contribution in [2.75, 3.05) is 5.32 Å². The summed E-state index contributed by atoms with van der Waals surface area (Å²) < 4.78 is 74.2. The Hall–Kier alpha value is -3.28. The molecule has 0 radical (unpaired) electrons. The first-order valence-corrected chi connectivity index (χ1v) is 11.0. The summed E-state index contributed by atoms with van der Waals surface area (Å²) >= 11 is 0. The number of nitrogens with one attached hydrogen (secondary N) is 1. The van der Waals surface area contributed by atoms with Crippen LogP contribution in [-0.4, -0.2) is 37.0 Å². The lowest BCUT2D eigenvalue weighted by molar-refractivity contribution is -0.260. The van der Waals surface area contributed by atoms with Gasteiger partial charge in [-0.15, -0.1) is 0 Å². The van der Waals surface area contributed by atoms with E-state index >= 15 is 0 Å². The van der Waals surface area contributed by atoms with E-state index in [0.717, 1.165) is 25.1 Å². The summed E-state index contributed by atoms with van der Waals surface area (Å²) in [5.74, 6) is -2.09. The lowest BCUT2D eigenvalue weighted by Crippen LogP contribution is -2.40. The fourth-order valence-corrected chi connectivity index (χ4v) is 3.87. The van der Waals surface area contributed by atoms with Crippen LogP contribution >= 0.6 is 0 Å². The quantitative estimate of drug-likeness (QED) is 0.402. The molecule has 12 heteroatoms. The van der Waals surface area contributed by atoms with Crippen LogP contribution in [-0.2, 0) is 5.60 Å². The molecule has 2 aliphatic rings. The van der Waals surface area contributed by atoms with E-state index in [1.807, 2.05) is 0 Å². The van der Waals surface area contributed by atoms with Crippen LogP contribution in [0.4, 0.5) is 33.5 Å². The van der Waals surface area contributed by atoms with Gasteiger partial charge in [-0.25, -0.2) is 13.8 Å². The summed E-state index contributed by atoms with van der Waals surface area (Å²) in [5, 5.41) is 17.3. The molecule has 3 heterocycles. The predicted octanol–water partition coefficient (Wildman–Crippen LogP) is 5.83. The van der Waals surface area contributed by atoms with Gasteiger partial charge in [0.1, 0.15) is 17.3 Å². The summed E-state index contributed by atoms with van der Waals surface area (Å²) in [7, 11) is 0. The molecule has 2 fully saturated rings. The van der Waals surface area contributed by atoms with Crippen LogP contribution in [0.15, 0.2) is 42.9 Å². The molecule has 0 spiro atoms. The van der Waals surface area contributed by atoms with Crippen molar-refractivity contribution < 1.29 is 31.8 Å². The minimum Gasteiger partial charge on any atom is -0.454 e. The maximum absolute atomic E-state index is 13.5. The van der Waals surface area contributed by atoms with Gasteiger partial charge >= 0.3 is 6.18 Å². The Bertz CT molecular complexity index is 1230. The smallest absolute Gasteiger partial charge is 0.422 e. The van der Waals surface area contributed by atoms with Gasteiger partial charge in [-0.1, -0.05) is 0 Å². The monoisotopic (exact) mass is 495 g/mol. The normalized spacial score (nSPS) is 19.6. The van der Waals surface area contributed by atoms with E-state index in [1.54, 1.807) is 16.9 Å². The topological polar surface area (TPSA) is 85.1 Å². The fourth-order valence-electron chi connectivity index (χ4n) is 3.87. The molecule has 3 aromatic heterocycles. The number of anilines is 2. The molecule has 2 saturated carbocycles. The predicted molar refractivity (Wildman–Crippen MR) is 115 cm³/mol. The van der Waals surface area contributed by atoms with Gasteiger partial charge in [0.2, 0.25) is 5.92 Å². The van der Waals surface area contributed by atoms with Crippen LogP contribution in [0.25, 0.3) is 0 Å². The Morgan fingerprint density at radius 1 is 1.11 bits per heavy atom. The summed E-state index contributed by atoms with van der Waals surface area (Å²) in [5.41, 5.74) is -2.98. The first-order chi connectivity index (χ1) is 16.4. The van der Waals surface area contributed by atoms with Crippen LogP contribution in [0.5, 0.6) is 11.5 Å². The molecule has 0 saturated heterocycles. The molecule has 7 nitrogen and oxygen atoms in total. The van der Waals surface area contributed by atoms with Crippen LogP contribution in [0.1, 0.15) is 56.0 Å². The highest BCUT2D eigenvalue weighted by atomic mass is 19.4. The number of aromatic nitrogens is 4. The number of pyridine rings is 2. The summed E-state index contributed by atoms with van der Waals surface area (Å²) in [6.45, 7) is 0.628. The minimum atomic E-state index is -4.91. The average Bonchev–Trinajstić information content (AvgIpc) is 3.53. The first-order valence-electron chi connectivity index (χ1n) is 11.0. The maximum atomic E-state index is 13.5. The van der Waals surface area contributed by atoms with E-state index in [0.29, 0.717) is 24.1 Å². The second kappa shape index (κ2) is 8.14. The van der Waals surface area contributed by atoms with Gasteiger partial charge in [0, 0.05) is 42.9 Å². The zero-order valence-corrected chi connectivity index (χ0v) is 18.6. The summed E-state index contributed by atoms with van der Waals surface area (Å²) in [4.78, 5) is 7.79. The van der Waals surface area contributed by atoms with Crippen LogP contribution in [0.3, 0.4) is 0 Å². The molecule has 0 aliphatic heterocycles. The van der Waals surface area contributed by atoms with Gasteiger partial charge in [-0.2, -0.15) is 18.3 Å². The van der Waals surface area contributed by atoms with Crippen molar-refractivity contribution in [3.8, 4) is 11.5 Å². The lowest BCUT2D eigenvalue weighted by atomic mass is 9.79. The highest BCUT2D eigenvalue weighted by molar-refractivity contribution is 5.58. The van der Waals surface area contributed by atoms with Crippen molar-refractivity contribution in [1.82, 2.24) is 19.7 Å². The van der Waals surface area contributed by atoms with E-state index in [9.17, 15) is 27.1 Å². The number of hydrogen-bond acceptors (Lipinski definition) is 6. The third-order valence-corrected chi connectivity index (χ3v) is 6.17. The number of aliphatic hydroxyl groups is 1. The molecule has 3 aromatic rings. The van der Waals surface area contributed by atoms with Gasteiger partial charge in [-0.3, -0.25) is 9.67 Å². The SMILES string of the molecule is CC(O)(c1cc(Nc2cc(Oc3cn(C4CC4)nc3C3CC(F)(F)C3)ccn2)ccn1)C(F)(F)F. The van der Waals surface area contributed by atoms with E-state index in [-0.39, 0.29) is 30.4 Å². The number of rotatable bonds is 7. The van der Waals surface area contributed by atoms with E-state index < -0.39 is 29.3 Å². The Morgan fingerprint density at radius 3 is 2.49 bits per heavy atom.